The van der Waals surface area contributed by atoms with Crippen molar-refractivity contribution in [2.45, 2.75) is 32.0 Å². The Kier molecular flexibility index (Phi) is 4.00. The molecule has 3 rings (SSSR count). The molecule has 2 amide bonds. The Balaban J connectivity index is 1.68. The zero-order valence-electron chi connectivity index (χ0n) is 12.4. The van der Waals surface area contributed by atoms with E-state index in [4.69, 9.17) is 8.83 Å². The summed E-state index contributed by atoms with van der Waals surface area (Å²) in [6.07, 6.45) is 4.08. The number of amides is 2. The van der Waals surface area contributed by atoms with Gasteiger partial charge in [-0.05, 0) is 30.7 Å². The molecule has 0 bridgehead atoms. The second kappa shape index (κ2) is 6.09. The molecule has 1 saturated heterocycles. The average molecular weight is 302 g/mol. The molecule has 3 heterocycles. The van der Waals surface area contributed by atoms with Crippen molar-refractivity contribution in [3.8, 4) is 0 Å². The van der Waals surface area contributed by atoms with Gasteiger partial charge >= 0.3 is 0 Å². The summed E-state index contributed by atoms with van der Waals surface area (Å²) in [7, 11) is 1.72. The van der Waals surface area contributed by atoms with Gasteiger partial charge in [0.15, 0.2) is 0 Å². The van der Waals surface area contributed by atoms with E-state index in [-0.39, 0.29) is 11.8 Å². The lowest BCUT2D eigenvalue weighted by atomic mass is 10.2. The van der Waals surface area contributed by atoms with Crippen LogP contribution in [0.3, 0.4) is 0 Å². The number of furan rings is 2. The molecule has 6 heteroatoms. The number of rotatable bonds is 5. The summed E-state index contributed by atoms with van der Waals surface area (Å²) >= 11 is 0. The summed E-state index contributed by atoms with van der Waals surface area (Å²) in [5.41, 5.74) is 0. The smallest absolute Gasteiger partial charge is 0.245 e. The summed E-state index contributed by atoms with van der Waals surface area (Å²) in [5.74, 6) is 1.31. The standard InChI is InChI=1S/C16H18N2O4/c1-17(10-12-4-2-8-21-12)16(20)14-6-7-15(19)18(14)11-13-5-3-9-22-13/h2-5,8-9,14H,6-7,10-11H2,1H3/t14-/m1/s1. The Morgan fingerprint density at radius 1 is 1.27 bits per heavy atom. The molecule has 2 aromatic rings. The number of hydrogen-bond donors (Lipinski definition) is 0. The largest absolute Gasteiger partial charge is 0.467 e. The van der Waals surface area contributed by atoms with Crippen LogP contribution in [0, 0.1) is 0 Å². The van der Waals surface area contributed by atoms with E-state index in [0.29, 0.717) is 31.7 Å². The molecule has 0 unspecified atom stereocenters. The maximum absolute atomic E-state index is 12.6. The van der Waals surface area contributed by atoms with Crippen LogP contribution >= 0.6 is 0 Å². The van der Waals surface area contributed by atoms with Gasteiger partial charge in [-0.15, -0.1) is 0 Å². The Hall–Kier alpha value is -2.50. The molecule has 1 fully saturated rings. The van der Waals surface area contributed by atoms with Crippen molar-refractivity contribution < 1.29 is 18.4 Å². The van der Waals surface area contributed by atoms with Crippen LogP contribution < -0.4 is 0 Å². The van der Waals surface area contributed by atoms with Gasteiger partial charge in [0, 0.05) is 13.5 Å². The van der Waals surface area contributed by atoms with Gasteiger partial charge in [0.2, 0.25) is 11.8 Å². The van der Waals surface area contributed by atoms with E-state index in [1.54, 1.807) is 47.6 Å². The second-order valence-corrected chi connectivity index (χ2v) is 5.43. The summed E-state index contributed by atoms with van der Waals surface area (Å²) in [6, 6.07) is 6.76. The van der Waals surface area contributed by atoms with Crippen molar-refractivity contribution in [3.05, 3.63) is 48.3 Å². The van der Waals surface area contributed by atoms with E-state index < -0.39 is 6.04 Å². The normalized spacial score (nSPS) is 18.0. The number of likely N-dealkylation sites (tertiary alicyclic amines) is 1. The molecule has 2 aromatic heterocycles. The fourth-order valence-corrected chi connectivity index (χ4v) is 2.73. The van der Waals surface area contributed by atoms with E-state index in [2.05, 4.69) is 0 Å². The van der Waals surface area contributed by atoms with Gasteiger partial charge in [-0.25, -0.2) is 0 Å². The van der Waals surface area contributed by atoms with Crippen molar-refractivity contribution in [1.29, 1.82) is 0 Å². The van der Waals surface area contributed by atoms with Gasteiger partial charge in [0.05, 0.1) is 25.6 Å². The number of carbonyl (C=O) groups excluding carboxylic acids is 2. The Bertz CT molecular complexity index is 633. The molecular formula is C16H18N2O4. The minimum absolute atomic E-state index is 0.0128. The van der Waals surface area contributed by atoms with Crippen molar-refractivity contribution in [2.24, 2.45) is 0 Å². The van der Waals surface area contributed by atoms with Crippen LogP contribution in [0.2, 0.25) is 0 Å². The molecular weight excluding hydrogens is 284 g/mol. The number of nitrogens with zero attached hydrogens (tertiary/aromatic N) is 2. The maximum atomic E-state index is 12.6. The third-order valence-corrected chi connectivity index (χ3v) is 3.87. The van der Waals surface area contributed by atoms with Gasteiger partial charge in [0.1, 0.15) is 17.6 Å². The highest BCUT2D eigenvalue weighted by Gasteiger charge is 2.37. The molecule has 1 atom stereocenters. The molecule has 6 nitrogen and oxygen atoms in total. The first-order valence-corrected chi connectivity index (χ1v) is 7.24. The van der Waals surface area contributed by atoms with E-state index in [1.807, 2.05) is 6.07 Å². The Morgan fingerprint density at radius 2 is 1.95 bits per heavy atom. The average Bonchev–Trinajstić information content (AvgIpc) is 3.23. The summed E-state index contributed by atoms with van der Waals surface area (Å²) in [6.45, 7) is 0.724. The lowest BCUT2D eigenvalue weighted by Crippen LogP contribution is -2.44. The molecule has 0 radical (unpaired) electrons. The molecule has 1 aliphatic heterocycles. The quantitative estimate of drug-likeness (QED) is 0.847. The molecule has 0 saturated carbocycles. The predicted molar refractivity (Wildman–Crippen MR) is 77.5 cm³/mol. The van der Waals surface area contributed by atoms with Gasteiger partial charge in [0.25, 0.3) is 0 Å². The molecule has 116 valence electrons. The topological polar surface area (TPSA) is 66.9 Å². The van der Waals surface area contributed by atoms with Crippen LogP contribution in [0.1, 0.15) is 24.4 Å². The van der Waals surface area contributed by atoms with E-state index in [9.17, 15) is 9.59 Å². The molecule has 0 aliphatic carbocycles. The third kappa shape index (κ3) is 2.90. The van der Waals surface area contributed by atoms with E-state index in [0.717, 1.165) is 5.76 Å². The Morgan fingerprint density at radius 3 is 2.59 bits per heavy atom. The van der Waals surface area contributed by atoms with Gasteiger partial charge in [-0.3, -0.25) is 9.59 Å². The summed E-state index contributed by atoms with van der Waals surface area (Å²) in [5, 5.41) is 0. The van der Waals surface area contributed by atoms with Crippen LogP contribution in [0.25, 0.3) is 0 Å². The van der Waals surface area contributed by atoms with Crippen molar-refractivity contribution in [3.63, 3.8) is 0 Å². The summed E-state index contributed by atoms with van der Waals surface area (Å²) in [4.78, 5) is 27.9. The number of hydrogen-bond acceptors (Lipinski definition) is 4. The molecule has 22 heavy (non-hydrogen) atoms. The highest BCUT2D eigenvalue weighted by atomic mass is 16.3. The fraction of sp³-hybridized carbons (Fsp3) is 0.375. The van der Waals surface area contributed by atoms with Crippen molar-refractivity contribution >= 4 is 11.8 Å². The monoisotopic (exact) mass is 302 g/mol. The van der Waals surface area contributed by atoms with Gasteiger partial charge in [-0.2, -0.15) is 0 Å². The van der Waals surface area contributed by atoms with Crippen LogP contribution in [0.5, 0.6) is 0 Å². The highest BCUT2D eigenvalue weighted by Crippen LogP contribution is 2.23. The van der Waals surface area contributed by atoms with Crippen LogP contribution in [-0.4, -0.2) is 34.7 Å². The SMILES string of the molecule is CN(Cc1ccco1)C(=O)[C@H]1CCC(=O)N1Cc1ccco1. The third-order valence-electron chi connectivity index (χ3n) is 3.87. The van der Waals surface area contributed by atoms with Crippen LogP contribution in [0.15, 0.2) is 45.6 Å². The van der Waals surface area contributed by atoms with E-state index >= 15 is 0 Å². The minimum Gasteiger partial charge on any atom is -0.467 e. The molecule has 0 N–H and O–H groups in total. The minimum atomic E-state index is -0.433. The molecule has 0 aromatic carbocycles. The van der Waals surface area contributed by atoms with Crippen LogP contribution in [0.4, 0.5) is 0 Å². The fourth-order valence-electron chi connectivity index (χ4n) is 2.73. The van der Waals surface area contributed by atoms with E-state index in [1.165, 1.54) is 0 Å². The predicted octanol–water partition coefficient (Wildman–Crippen LogP) is 2.02. The number of likely N-dealkylation sites (N-methyl/N-ethyl adjacent to an activating group) is 1. The summed E-state index contributed by atoms with van der Waals surface area (Å²) < 4.78 is 10.5. The molecule has 1 aliphatic rings. The van der Waals surface area contributed by atoms with Crippen molar-refractivity contribution in [1.82, 2.24) is 9.80 Å². The van der Waals surface area contributed by atoms with Gasteiger partial charge in [-0.1, -0.05) is 0 Å². The first-order valence-electron chi connectivity index (χ1n) is 7.24. The van der Waals surface area contributed by atoms with Crippen LogP contribution in [-0.2, 0) is 22.7 Å². The van der Waals surface area contributed by atoms with Crippen molar-refractivity contribution in [2.75, 3.05) is 7.05 Å². The molecule has 0 spiro atoms. The lowest BCUT2D eigenvalue weighted by molar-refractivity contribution is -0.141. The van der Waals surface area contributed by atoms with Gasteiger partial charge < -0.3 is 18.6 Å². The Labute approximate surface area is 128 Å². The second-order valence-electron chi connectivity index (χ2n) is 5.43. The first-order chi connectivity index (χ1) is 10.6. The highest BCUT2D eigenvalue weighted by molar-refractivity contribution is 5.90. The maximum Gasteiger partial charge on any atom is 0.245 e. The zero-order chi connectivity index (χ0) is 15.5. The first kappa shape index (κ1) is 14.4. The zero-order valence-corrected chi connectivity index (χ0v) is 12.4. The number of carbonyl (C=O) groups is 2. The lowest BCUT2D eigenvalue weighted by Gasteiger charge is -2.27.